The van der Waals surface area contributed by atoms with Crippen molar-refractivity contribution in [1.29, 1.82) is 0 Å². The number of rotatable bonds is 3. The molecule has 9 nitrogen and oxygen atoms in total. The molecule has 3 aliphatic rings. The fourth-order valence-electron chi connectivity index (χ4n) is 4.02. The van der Waals surface area contributed by atoms with E-state index in [-0.39, 0.29) is 31.2 Å². The van der Waals surface area contributed by atoms with E-state index in [1.807, 2.05) is 13.8 Å². The Kier molecular flexibility index (Phi) is 5.69. The molecule has 1 aromatic rings. The number of benzene rings is 1. The van der Waals surface area contributed by atoms with Crippen LogP contribution in [0.1, 0.15) is 24.2 Å². The second kappa shape index (κ2) is 8.10. The predicted molar refractivity (Wildman–Crippen MR) is 105 cm³/mol. The van der Waals surface area contributed by atoms with Crippen molar-refractivity contribution in [3.05, 3.63) is 23.8 Å². The number of morpholine rings is 1. The summed E-state index contributed by atoms with van der Waals surface area (Å²) in [7, 11) is -3.58. The third-order valence-corrected chi connectivity index (χ3v) is 7.33. The Labute approximate surface area is 171 Å². The second-order valence-corrected chi connectivity index (χ2v) is 9.53. The van der Waals surface area contributed by atoms with Crippen molar-refractivity contribution in [2.75, 3.05) is 52.5 Å². The monoisotopic (exact) mass is 425 g/mol. The van der Waals surface area contributed by atoms with Gasteiger partial charge in [-0.1, -0.05) is 6.07 Å². The number of piperazine rings is 1. The quantitative estimate of drug-likeness (QED) is 0.704. The first kappa shape index (κ1) is 20.4. The Balaban J connectivity index is 1.42. The lowest BCUT2D eigenvalue weighted by molar-refractivity contribution is -0.0457. The molecule has 3 aliphatic heterocycles. The Hall–Kier alpha value is -1.88. The van der Waals surface area contributed by atoms with E-state index in [0.717, 1.165) is 0 Å². The van der Waals surface area contributed by atoms with Gasteiger partial charge >= 0.3 is 0 Å². The van der Waals surface area contributed by atoms with Crippen molar-refractivity contribution in [2.45, 2.75) is 26.1 Å². The Morgan fingerprint density at radius 2 is 1.62 bits per heavy atom. The molecular formula is C19H27N3O6S. The maximum Gasteiger partial charge on any atom is 0.282 e. The van der Waals surface area contributed by atoms with Crippen LogP contribution in [0, 0.1) is 0 Å². The Morgan fingerprint density at radius 1 is 0.966 bits per heavy atom. The number of amides is 1. The molecule has 10 heteroatoms. The first-order valence-corrected chi connectivity index (χ1v) is 11.3. The molecule has 0 bridgehead atoms. The van der Waals surface area contributed by atoms with Crippen molar-refractivity contribution in [3.63, 3.8) is 0 Å². The number of hydrogen-bond acceptors (Lipinski definition) is 6. The minimum Gasteiger partial charge on any atom is -0.486 e. The van der Waals surface area contributed by atoms with E-state index in [1.165, 1.54) is 8.61 Å². The lowest BCUT2D eigenvalue weighted by Crippen LogP contribution is -2.57. The summed E-state index contributed by atoms with van der Waals surface area (Å²) < 4.78 is 45.8. The highest BCUT2D eigenvalue weighted by Gasteiger charge is 2.37. The molecule has 0 aliphatic carbocycles. The molecule has 2 saturated heterocycles. The van der Waals surface area contributed by atoms with E-state index in [0.29, 0.717) is 56.5 Å². The van der Waals surface area contributed by atoms with Gasteiger partial charge in [-0.2, -0.15) is 17.0 Å². The van der Waals surface area contributed by atoms with Gasteiger partial charge < -0.3 is 19.1 Å². The maximum atomic E-state index is 13.0. The van der Waals surface area contributed by atoms with Gasteiger partial charge in [0.05, 0.1) is 17.8 Å². The van der Waals surface area contributed by atoms with Crippen LogP contribution < -0.4 is 9.47 Å². The molecule has 4 rings (SSSR count). The van der Waals surface area contributed by atoms with Gasteiger partial charge in [-0.15, -0.1) is 0 Å². The van der Waals surface area contributed by atoms with E-state index < -0.39 is 10.2 Å². The molecule has 2 unspecified atom stereocenters. The molecule has 160 valence electrons. The zero-order valence-corrected chi connectivity index (χ0v) is 17.6. The van der Waals surface area contributed by atoms with Crippen LogP contribution in [0.25, 0.3) is 0 Å². The lowest BCUT2D eigenvalue weighted by Gasteiger charge is -2.40. The van der Waals surface area contributed by atoms with Crippen molar-refractivity contribution < 1.29 is 27.4 Å². The third kappa shape index (κ3) is 4.07. The molecule has 1 amide bonds. The summed E-state index contributed by atoms with van der Waals surface area (Å²) in [6, 6.07) is 5.26. The van der Waals surface area contributed by atoms with E-state index >= 15 is 0 Å². The number of carbonyl (C=O) groups is 1. The number of carbonyl (C=O) groups excluding carboxylic acids is 1. The fourth-order valence-corrected chi connectivity index (χ4v) is 5.76. The molecule has 0 spiro atoms. The highest BCUT2D eigenvalue weighted by atomic mass is 32.2. The Bertz CT molecular complexity index is 859. The molecule has 0 N–H and O–H groups in total. The summed E-state index contributed by atoms with van der Waals surface area (Å²) >= 11 is 0. The zero-order chi connectivity index (χ0) is 20.6. The van der Waals surface area contributed by atoms with Gasteiger partial charge in [0.15, 0.2) is 11.5 Å². The average Bonchev–Trinajstić information content (AvgIpc) is 2.72. The van der Waals surface area contributed by atoms with Crippen LogP contribution in [0.15, 0.2) is 18.2 Å². The van der Waals surface area contributed by atoms with Gasteiger partial charge in [-0.05, 0) is 26.0 Å². The van der Waals surface area contributed by atoms with E-state index in [2.05, 4.69) is 0 Å². The molecule has 2 atom stereocenters. The van der Waals surface area contributed by atoms with Crippen LogP contribution in [0.4, 0.5) is 0 Å². The van der Waals surface area contributed by atoms with E-state index in [4.69, 9.17) is 14.2 Å². The summed E-state index contributed by atoms with van der Waals surface area (Å²) in [5.41, 5.74) is 0.453. The zero-order valence-electron chi connectivity index (χ0n) is 16.7. The van der Waals surface area contributed by atoms with E-state index in [9.17, 15) is 13.2 Å². The molecular weight excluding hydrogens is 398 g/mol. The summed E-state index contributed by atoms with van der Waals surface area (Å²) in [6.45, 7) is 6.50. The third-order valence-electron chi connectivity index (χ3n) is 5.36. The van der Waals surface area contributed by atoms with Crippen LogP contribution in [0.5, 0.6) is 11.5 Å². The summed E-state index contributed by atoms with van der Waals surface area (Å²) in [5.74, 6) is 0.868. The minimum atomic E-state index is -3.58. The van der Waals surface area contributed by atoms with Gasteiger partial charge in [-0.25, -0.2) is 0 Å². The van der Waals surface area contributed by atoms with Crippen molar-refractivity contribution in [1.82, 2.24) is 13.5 Å². The summed E-state index contributed by atoms with van der Waals surface area (Å²) in [5, 5.41) is 0. The van der Waals surface area contributed by atoms with Crippen LogP contribution in [-0.2, 0) is 14.9 Å². The maximum absolute atomic E-state index is 13.0. The van der Waals surface area contributed by atoms with Crippen LogP contribution in [-0.4, -0.2) is 92.5 Å². The molecule has 3 heterocycles. The number of nitrogens with zero attached hydrogens (tertiary/aromatic N) is 3. The molecule has 1 aromatic carbocycles. The highest BCUT2D eigenvalue weighted by molar-refractivity contribution is 7.86. The normalized spacial score (nSPS) is 26.3. The topological polar surface area (TPSA) is 88.6 Å². The number of para-hydroxylation sites is 1. The van der Waals surface area contributed by atoms with Crippen LogP contribution in [0.2, 0.25) is 0 Å². The largest absolute Gasteiger partial charge is 0.486 e. The van der Waals surface area contributed by atoms with Crippen molar-refractivity contribution >= 4 is 16.1 Å². The number of ether oxygens (including phenoxy) is 3. The molecule has 2 fully saturated rings. The van der Waals surface area contributed by atoms with Crippen molar-refractivity contribution in [2.24, 2.45) is 0 Å². The first-order valence-electron chi connectivity index (χ1n) is 9.95. The first-order chi connectivity index (χ1) is 13.9. The van der Waals surface area contributed by atoms with Crippen LogP contribution in [0.3, 0.4) is 0 Å². The molecule has 0 aromatic heterocycles. The lowest BCUT2D eigenvalue weighted by atomic mass is 10.1. The minimum absolute atomic E-state index is 0.136. The summed E-state index contributed by atoms with van der Waals surface area (Å²) in [6.07, 6.45) is -0.272. The molecule has 29 heavy (non-hydrogen) atoms. The van der Waals surface area contributed by atoms with Gasteiger partial charge in [-0.3, -0.25) is 4.79 Å². The average molecular weight is 426 g/mol. The standard InChI is InChI=1S/C19H27N3O6S/c1-14-12-22(13-15(2)28-14)29(24,25)21-8-6-20(7-9-21)19(23)16-4-3-5-17-18(16)27-11-10-26-17/h3-5,14-15H,6-13H2,1-2H3. The van der Waals surface area contributed by atoms with E-state index in [1.54, 1.807) is 23.1 Å². The predicted octanol–water partition coefficient (Wildman–Crippen LogP) is 0.570. The SMILES string of the molecule is CC1CN(S(=O)(=O)N2CCN(C(=O)c3cccc4c3OCCO4)CC2)CC(C)O1. The van der Waals surface area contributed by atoms with Gasteiger partial charge in [0.1, 0.15) is 13.2 Å². The molecule has 0 saturated carbocycles. The van der Waals surface area contributed by atoms with Gasteiger partial charge in [0.2, 0.25) is 0 Å². The smallest absolute Gasteiger partial charge is 0.282 e. The van der Waals surface area contributed by atoms with Crippen molar-refractivity contribution in [3.8, 4) is 11.5 Å². The number of fused-ring (bicyclic) bond motifs is 1. The summed E-state index contributed by atoms with van der Waals surface area (Å²) in [4.78, 5) is 14.7. The number of hydrogen-bond donors (Lipinski definition) is 0. The second-order valence-electron chi connectivity index (χ2n) is 7.60. The Morgan fingerprint density at radius 3 is 2.31 bits per heavy atom. The van der Waals surface area contributed by atoms with Gasteiger partial charge in [0, 0.05) is 39.3 Å². The molecule has 0 radical (unpaired) electrons. The fraction of sp³-hybridized carbons (Fsp3) is 0.632. The van der Waals surface area contributed by atoms with Gasteiger partial charge in [0.25, 0.3) is 16.1 Å². The van der Waals surface area contributed by atoms with Crippen LogP contribution >= 0.6 is 0 Å². The highest BCUT2D eigenvalue weighted by Crippen LogP contribution is 2.34.